The van der Waals surface area contributed by atoms with Gasteiger partial charge in [-0.15, -0.1) is 0 Å². The highest BCUT2D eigenvalue weighted by Gasteiger charge is 2.21. The van der Waals surface area contributed by atoms with E-state index in [4.69, 9.17) is 21.4 Å². The number of hydrogen-bond donors (Lipinski definition) is 0. The first-order valence-electron chi connectivity index (χ1n) is 9.18. The molecule has 0 fully saturated rings. The Morgan fingerprint density at radius 1 is 0.893 bits per heavy atom. The van der Waals surface area contributed by atoms with E-state index in [9.17, 15) is 0 Å². The summed E-state index contributed by atoms with van der Waals surface area (Å²) in [6.07, 6.45) is 0. The van der Waals surface area contributed by atoms with Crippen LogP contribution in [0.15, 0.2) is 78.9 Å². The van der Waals surface area contributed by atoms with E-state index in [1.807, 2.05) is 47.1 Å². The fraction of sp³-hybridized carbons (Fsp3) is 0.125. The van der Waals surface area contributed by atoms with Gasteiger partial charge in [-0.1, -0.05) is 83.9 Å². The molecule has 0 atom stereocenters. The molecule has 4 heteroatoms. The summed E-state index contributed by atoms with van der Waals surface area (Å²) < 4.78 is 7.44. The molecule has 0 amide bonds. The summed E-state index contributed by atoms with van der Waals surface area (Å²) in [5.74, 6) is 0.775. The Morgan fingerprint density at radius 3 is 2.29 bits per heavy atom. The second kappa shape index (κ2) is 7.91. The molecular formula is C24H21ClN2O. The van der Waals surface area contributed by atoms with E-state index in [-0.39, 0.29) is 0 Å². The number of aryl methyl sites for hydroxylation is 1. The third-order valence-corrected chi connectivity index (χ3v) is 5.15. The van der Waals surface area contributed by atoms with Gasteiger partial charge in [0.25, 0.3) is 0 Å². The summed E-state index contributed by atoms with van der Waals surface area (Å²) in [6, 6.07) is 26.5. The minimum atomic E-state index is 0.605. The minimum Gasteiger partial charge on any atom is -0.496 e. The topological polar surface area (TPSA) is 27.1 Å². The van der Waals surface area contributed by atoms with Gasteiger partial charge in [0.2, 0.25) is 0 Å². The first-order valence-corrected chi connectivity index (χ1v) is 9.56. The number of para-hydroxylation sites is 1. The number of benzene rings is 3. The van der Waals surface area contributed by atoms with Gasteiger partial charge in [-0.2, -0.15) is 5.10 Å². The molecule has 0 aliphatic carbocycles. The number of ether oxygens (including phenoxy) is 1. The van der Waals surface area contributed by atoms with Crippen LogP contribution in [0.4, 0.5) is 0 Å². The zero-order valence-electron chi connectivity index (χ0n) is 15.9. The molecule has 4 rings (SSSR count). The van der Waals surface area contributed by atoms with Gasteiger partial charge >= 0.3 is 0 Å². The summed E-state index contributed by atoms with van der Waals surface area (Å²) >= 11 is 6.86. The normalized spacial score (nSPS) is 10.8. The molecule has 0 N–H and O–H groups in total. The van der Waals surface area contributed by atoms with E-state index < -0.39 is 0 Å². The van der Waals surface area contributed by atoms with Crippen molar-refractivity contribution in [3.63, 3.8) is 0 Å². The van der Waals surface area contributed by atoms with Crippen molar-refractivity contribution in [2.75, 3.05) is 7.11 Å². The van der Waals surface area contributed by atoms with Crippen molar-refractivity contribution in [3.05, 3.63) is 95.1 Å². The summed E-state index contributed by atoms with van der Waals surface area (Å²) in [7, 11) is 1.67. The maximum Gasteiger partial charge on any atom is 0.135 e. The Morgan fingerprint density at radius 2 is 1.57 bits per heavy atom. The molecule has 0 radical (unpaired) electrons. The van der Waals surface area contributed by atoms with Crippen LogP contribution >= 0.6 is 11.6 Å². The van der Waals surface area contributed by atoms with Gasteiger partial charge in [0.1, 0.15) is 16.6 Å². The number of rotatable bonds is 5. The molecular weight excluding hydrogens is 368 g/mol. The Kier molecular flexibility index (Phi) is 5.18. The van der Waals surface area contributed by atoms with Crippen LogP contribution in [0.25, 0.3) is 22.4 Å². The molecule has 0 aliphatic heterocycles. The van der Waals surface area contributed by atoms with Crippen LogP contribution in [0.3, 0.4) is 0 Å². The lowest BCUT2D eigenvalue weighted by molar-refractivity contribution is 0.416. The van der Waals surface area contributed by atoms with E-state index in [0.717, 1.165) is 33.7 Å². The highest BCUT2D eigenvalue weighted by Crippen LogP contribution is 2.41. The van der Waals surface area contributed by atoms with Crippen molar-refractivity contribution < 1.29 is 4.74 Å². The highest BCUT2D eigenvalue weighted by atomic mass is 35.5. The second-order valence-electron chi connectivity index (χ2n) is 6.72. The molecule has 0 saturated carbocycles. The van der Waals surface area contributed by atoms with Crippen molar-refractivity contribution >= 4 is 11.6 Å². The van der Waals surface area contributed by atoms with E-state index in [1.165, 1.54) is 5.56 Å². The van der Waals surface area contributed by atoms with Crippen LogP contribution in [0.2, 0.25) is 5.15 Å². The fourth-order valence-electron chi connectivity index (χ4n) is 3.31. The summed E-state index contributed by atoms with van der Waals surface area (Å²) in [6.45, 7) is 2.68. The Balaban J connectivity index is 1.90. The standard InChI is InChI=1S/C24H21ClN2O/c1-17-12-14-19(15-13-17)22-23(20-10-6-7-11-21(20)28-2)26-27(24(22)25)16-18-8-4-3-5-9-18/h3-15H,16H2,1-2H3. The smallest absolute Gasteiger partial charge is 0.135 e. The maximum absolute atomic E-state index is 6.86. The summed E-state index contributed by atoms with van der Waals surface area (Å²) in [4.78, 5) is 0. The summed E-state index contributed by atoms with van der Waals surface area (Å²) in [5, 5.41) is 5.51. The molecule has 0 aliphatic rings. The molecule has 1 heterocycles. The van der Waals surface area contributed by atoms with Crippen LogP contribution in [-0.4, -0.2) is 16.9 Å². The zero-order chi connectivity index (χ0) is 19.5. The SMILES string of the molecule is COc1ccccc1-c1nn(Cc2ccccc2)c(Cl)c1-c1ccc(C)cc1. The van der Waals surface area contributed by atoms with Crippen molar-refractivity contribution in [1.82, 2.24) is 9.78 Å². The van der Waals surface area contributed by atoms with Crippen LogP contribution in [0.1, 0.15) is 11.1 Å². The Bertz CT molecular complexity index is 1090. The predicted octanol–water partition coefficient (Wildman–Crippen LogP) is 6.24. The van der Waals surface area contributed by atoms with Crippen LogP contribution in [0.5, 0.6) is 5.75 Å². The summed E-state index contributed by atoms with van der Waals surface area (Å²) in [5.41, 5.74) is 6.05. The van der Waals surface area contributed by atoms with Gasteiger partial charge in [-0.3, -0.25) is 0 Å². The van der Waals surface area contributed by atoms with Crippen LogP contribution in [0, 0.1) is 6.92 Å². The van der Waals surface area contributed by atoms with Gasteiger partial charge in [0.15, 0.2) is 0 Å². The molecule has 0 bridgehead atoms. The van der Waals surface area contributed by atoms with Gasteiger partial charge in [-0.25, -0.2) is 4.68 Å². The van der Waals surface area contributed by atoms with E-state index in [0.29, 0.717) is 11.7 Å². The average Bonchev–Trinajstić information content (AvgIpc) is 3.05. The van der Waals surface area contributed by atoms with Crippen molar-refractivity contribution in [3.8, 4) is 28.1 Å². The lowest BCUT2D eigenvalue weighted by atomic mass is 10.0. The lowest BCUT2D eigenvalue weighted by Crippen LogP contribution is -2.02. The molecule has 3 nitrogen and oxygen atoms in total. The second-order valence-corrected chi connectivity index (χ2v) is 7.08. The molecule has 0 unspecified atom stereocenters. The number of methoxy groups -OCH3 is 1. The molecule has 4 aromatic rings. The third kappa shape index (κ3) is 3.54. The molecule has 1 aromatic heterocycles. The maximum atomic E-state index is 6.86. The first kappa shape index (κ1) is 18.3. The molecule has 140 valence electrons. The van der Waals surface area contributed by atoms with E-state index in [1.54, 1.807) is 7.11 Å². The zero-order valence-corrected chi connectivity index (χ0v) is 16.6. The first-order chi connectivity index (χ1) is 13.7. The van der Waals surface area contributed by atoms with Crippen LogP contribution < -0.4 is 4.74 Å². The van der Waals surface area contributed by atoms with Crippen molar-refractivity contribution in [1.29, 1.82) is 0 Å². The van der Waals surface area contributed by atoms with E-state index >= 15 is 0 Å². The van der Waals surface area contributed by atoms with Crippen LogP contribution in [-0.2, 0) is 6.54 Å². The number of hydrogen-bond acceptors (Lipinski definition) is 2. The van der Waals surface area contributed by atoms with Gasteiger partial charge in [0, 0.05) is 11.1 Å². The molecule has 0 spiro atoms. The van der Waals surface area contributed by atoms with E-state index in [2.05, 4.69) is 43.3 Å². The Labute approximate surface area is 170 Å². The average molecular weight is 389 g/mol. The molecule has 28 heavy (non-hydrogen) atoms. The van der Waals surface area contributed by atoms with Crippen molar-refractivity contribution in [2.24, 2.45) is 0 Å². The number of halogens is 1. The highest BCUT2D eigenvalue weighted by molar-refractivity contribution is 6.33. The number of aromatic nitrogens is 2. The molecule has 3 aromatic carbocycles. The Hall–Kier alpha value is -3.04. The third-order valence-electron chi connectivity index (χ3n) is 4.77. The number of nitrogens with zero attached hydrogens (tertiary/aromatic N) is 2. The van der Waals surface area contributed by atoms with Gasteiger partial charge < -0.3 is 4.74 Å². The lowest BCUT2D eigenvalue weighted by Gasteiger charge is -2.08. The van der Waals surface area contributed by atoms with Gasteiger partial charge in [0.05, 0.1) is 13.7 Å². The monoisotopic (exact) mass is 388 g/mol. The van der Waals surface area contributed by atoms with Gasteiger partial charge in [-0.05, 0) is 30.2 Å². The quantitative estimate of drug-likeness (QED) is 0.405. The molecule has 0 saturated heterocycles. The fourth-order valence-corrected chi connectivity index (χ4v) is 3.60. The predicted molar refractivity (Wildman–Crippen MR) is 115 cm³/mol. The largest absolute Gasteiger partial charge is 0.496 e. The van der Waals surface area contributed by atoms with Crippen molar-refractivity contribution in [2.45, 2.75) is 13.5 Å². The minimum absolute atomic E-state index is 0.605.